The fourth-order valence-corrected chi connectivity index (χ4v) is 3.18. The molecule has 0 aromatic carbocycles. The van der Waals surface area contributed by atoms with E-state index in [1.165, 1.54) is 0 Å². The maximum atomic E-state index is 12.9. The first kappa shape index (κ1) is 17.0. The van der Waals surface area contributed by atoms with Crippen LogP contribution in [0.5, 0.6) is 5.88 Å². The van der Waals surface area contributed by atoms with Gasteiger partial charge in [0.1, 0.15) is 5.82 Å². The molecule has 0 aliphatic carbocycles. The van der Waals surface area contributed by atoms with Crippen LogP contribution in [0.25, 0.3) is 11.3 Å². The minimum atomic E-state index is -0.101. The highest BCUT2D eigenvalue weighted by Crippen LogP contribution is 2.38. The number of carbonyl (C=O) groups is 1. The van der Waals surface area contributed by atoms with Gasteiger partial charge in [-0.25, -0.2) is 15.0 Å². The monoisotopic (exact) mass is 361 g/mol. The van der Waals surface area contributed by atoms with Gasteiger partial charge in [-0.3, -0.25) is 4.79 Å². The van der Waals surface area contributed by atoms with Gasteiger partial charge in [-0.15, -0.1) is 0 Å². The first-order valence-corrected chi connectivity index (χ1v) is 8.66. The first-order valence-electron chi connectivity index (χ1n) is 8.66. The summed E-state index contributed by atoms with van der Waals surface area (Å²) in [5.41, 5.74) is 2.94. The van der Waals surface area contributed by atoms with Crippen LogP contribution in [0, 0.1) is 0 Å². The molecular formula is C20H19N5O2. The number of ether oxygens (including phenoxy) is 1. The summed E-state index contributed by atoms with van der Waals surface area (Å²) < 4.78 is 5.12. The van der Waals surface area contributed by atoms with Gasteiger partial charge >= 0.3 is 0 Å². The van der Waals surface area contributed by atoms with E-state index in [0.29, 0.717) is 29.6 Å². The van der Waals surface area contributed by atoms with E-state index in [1.54, 1.807) is 49.7 Å². The van der Waals surface area contributed by atoms with Gasteiger partial charge in [-0.05, 0) is 37.3 Å². The van der Waals surface area contributed by atoms with Crippen LogP contribution in [0.4, 0.5) is 17.3 Å². The van der Waals surface area contributed by atoms with Gasteiger partial charge in [0.15, 0.2) is 5.82 Å². The molecule has 27 heavy (non-hydrogen) atoms. The van der Waals surface area contributed by atoms with E-state index in [2.05, 4.69) is 9.97 Å². The Labute approximate surface area is 157 Å². The minimum absolute atomic E-state index is 0.101. The van der Waals surface area contributed by atoms with Crippen molar-refractivity contribution in [1.82, 2.24) is 15.0 Å². The molecule has 7 heteroatoms. The van der Waals surface area contributed by atoms with Crippen molar-refractivity contribution in [2.24, 2.45) is 0 Å². The number of carbonyl (C=O) groups excluding carboxylic acids is 1. The van der Waals surface area contributed by atoms with Gasteiger partial charge in [-0.2, -0.15) is 0 Å². The Morgan fingerprint density at radius 2 is 1.93 bits per heavy atom. The molecule has 0 saturated carbocycles. The van der Waals surface area contributed by atoms with E-state index in [0.717, 1.165) is 16.9 Å². The van der Waals surface area contributed by atoms with Crippen LogP contribution in [0.15, 0.2) is 48.8 Å². The molecular weight excluding hydrogens is 342 g/mol. The van der Waals surface area contributed by atoms with Crippen LogP contribution in [0.3, 0.4) is 0 Å². The van der Waals surface area contributed by atoms with Crippen LogP contribution < -0.4 is 14.5 Å². The maximum Gasteiger partial charge on any atom is 0.261 e. The fraction of sp³-hybridized carbons (Fsp3) is 0.200. The lowest BCUT2D eigenvalue weighted by Gasteiger charge is -2.23. The van der Waals surface area contributed by atoms with E-state index in [1.807, 2.05) is 30.0 Å². The van der Waals surface area contributed by atoms with Crippen molar-refractivity contribution in [2.75, 3.05) is 30.5 Å². The SMILES string of the molecule is CCN1c2ncccc2C(=O)N(C)c2ccc(-c3ccc(OC)nc3)nc21. The summed E-state index contributed by atoms with van der Waals surface area (Å²) in [5, 5.41) is 0. The molecule has 3 aromatic heterocycles. The van der Waals surface area contributed by atoms with Crippen molar-refractivity contribution < 1.29 is 9.53 Å². The number of amides is 1. The van der Waals surface area contributed by atoms with Gasteiger partial charge in [0.05, 0.1) is 24.1 Å². The predicted octanol–water partition coefficient (Wildman–Crippen LogP) is 3.30. The number of methoxy groups -OCH3 is 1. The van der Waals surface area contributed by atoms with Crippen LogP contribution in [0.2, 0.25) is 0 Å². The Morgan fingerprint density at radius 3 is 2.63 bits per heavy atom. The highest BCUT2D eigenvalue weighted by atomic mass is 16.5. The van der Waals surface area contributed by atoms with Gasteiger partial charge < -0.3 is 14.5 Å². The van der Waals surface area contributed by atoms with Crippen LogP contribution in [0.1, 0.15) is 17.3 Å². The van der Waals surface area contributed by atoms with E-state index in [-0.39, 0.29) is 5.91 Å². The van der Waals surface area contributed by atoms with Gasteiger partial charge in [-0.1, -0.05) is 0 Å². The van der Waals surface area contributed by atoms with Gasteiger partial charge in [0.25, 0.3) is 5.91 Å². The number of anilines is 3. The van der Waals surface area contributed by atoms with Crippen molar-refractivity contribution in [3.63, 3.8) is 0 Å². The van der Waals surface area contributed by atoms with Crippen molar-refractivity contribution in [2.45, 2.75) is 6.92 Å². The Bertz CT molecular complexity index is 1000. The summed E-state index contributed by atoms with van der Waals surface area (Å²) in [6.07, 6.45) is 3.42. The standard InChI is InChI=1S/C20H19N5O2/c1-4-25-18-14(6-5-11-21-18)20(26)24(2)16-9-8-15(23-19(16)25)13-7-10-17(27-3)22-12-13/h5-12H,4H2,1-3H3. The van der Waals surface area contributed by atoms with Gasteiger partial charge in [0, 0.05) is 37.6 Å². The number of pyridine rings is 3. The average molecular weight is 361 g/mol. The summed E-state index contributed by atoms with van der Waals surface area (Å²) in [4.78, 5) is 30.0. The third-order valence-corrected chi connectivity index (χ3v) is 4.61. The Balaban J connectivity index is 1.88. The second-order valence-electron chi connectivity index (χ2n) is 6.11. The smallest absolute Gasteiger partial charge is 0.261 e. The lowest BCUT2D eigenvalue weighted by Crippen LogP contribution is -2.25. The number of rotatable bonds is 3. The summed E-state index contributed by atoms with van der Waals surface area (Å²) in [6, 6.07) is 11.1. The van der Waals surface area contributed by atoms with E-state index < -0.39 is 0 Å². The molecule has 136 valence electrons. The quantitative estimate of drug-likeness (QED) is 0.713. The van der Waals surface area contributed by atoms with Crippen LogP contribution >= 0.6 is 0 Å². The fourth-order valence-electron chi connectivity index (χ4n) is 3.18. The molecule has 0 N–H and O–H groups in total. The molecule has 0 fully saturated rings. The summed E-state index contributed by atoms with van der Waals surface area (Å²) in [6.45, 7) is 2.65. The molecule has 0 radical (unpaired) electrons. The molecule has 0 bridgehead atoms. The molecule has 7 nitrogen and oxygen atoms in total. The van der Waals surface area contributed by atoms with Crippen molar-refractivity contribution in [1.29, 1.82) is 0 Å². The largest absolute Gasteiger partial charge is 0.481 e. The van der Waals surface area contributed by atoms with E-state index in [4.69, 9.17) is 9.72 Å². The maximum absolute atomic E-state index is 12.9. The molecule has 1 aliphatic heterocycles. The normalized spacial score (nSPS) is 13.1. The summed E-state index contributed by atoms with van der Waals surface area (Å²) in [5.74, 6) is 1.76. The zero-order chi connectivity index (χ0) is 19.0. The van der Waals surface area contributed by atoms with Crippen molar-refractivity contribution in [3.05, 3.63) is 54.4 Å². The molecule has 1 aliphatic rings. The minimum Gasteiger partial charge on any atom is -0.481 e. The molecule has 3 aromatic rings. The lowest BCUT2D eigenvalue weighted by atomic mass is 10.1. The zero-order valence-corrected chi connectivity index (χ0v) is 15.4. The predicted molar refractivity (Wildman–Crippen MR) is 104 cm³/mol. The highest BCUT2D eigenvalue weighted by Gasteiger charge is 2.30. The number of aromatic nitrogens is 3. The third-order valence-electron chi connectivity index (χ3n) is 4.61. The topological polar surface area (TPSA) is 71.5 Å². The second-order valence-corrected chi connectivity index (χ2v) is 6.11. The lowest BCUT2D eigenvalue weighted by molar-refractivity contribution is 0.0994. The summed E-state index contributed by atoms with van der Waals surface area (Å²) in [7, 11) is 3.34. The number of fused-ring (bicyclic) bond motifs is 2. The number of hydrogen-bond acceptors (Lipinski definition) is 6. The molecule has 4 rings (SSSR count). The Hall–Kier alpha value is -3.48. The Kier molecular flexibility index (Phi) is 4.19. The molecule has 1 amide bonds. The second kappa shape index (κ2) is 6.68. The number of nitrogens with zero attached hydrogens (tertiary/aromatic N) is 5. The highest BCUT2D eigenvalue weighted by molar-refractivity contribution is 6.12. The van der Waals surface area contributed by atoms with Crippen LogP contribution in [-0.2, 0) is 0 Å². The first-order chi connectivity index (χ1) is 13.1. The average Bonchev–Trinajstić information content (AvgIpc) is 2.81. The van der Waals surface area contributed by atoms with E-state index >= 15 is 0 Å². The molecule has 0 spiro atoms. The molecule has 0 atom stereocenters. The van der Waals surface area contributed by atoms with Crippen LogP contribution in [-0.4, -0.2) is 41.6 Å². The zero-order valence-electron chi connectivity index (χ0n) is 15.4. The molecule has 4 heterocycles. The Morgan fingerprint density at radius 1 is 1.07 bits per heavy atom. The molecule has 0 saturated heterocycles. The third kappa shape index (κ3) is 2.77. The van der Waals surface area contributed by atoms with Crippen molar-refractivity contribution in [3.8, 4) is 17.1 Å². The number of hydrogen-bond donors (Lipinski definition) is 0. The van der Waals surface area contributed by atoms with Gasteiger partial charge in [0.2, 0.25) is 5.88 Å². The van der Waals surface area contributed by atoms with Crippen molar-refractivity contribution >= 4 is 23.2 Å². The summed E-state index contributed by atoms with van der Waals surface area (Å²) >= 11 is 0. The molecule has 0 unspecified atom stereocenters. The van der Waals surface area contributed by atoms with E-state index in [9.17, 15) is 4.79 Å².